The van der Waals surface area contributed by atoms with Crippen molar-refractivity contribution in [2.24, 2.45) is 0 Å². The molecule has 0 spiro atoms. The second-order valence-electron chi connectivity index (χ2n) is 4.90. The van der Waals surface area contributed by atoms with Crippen molar-refractivity contribution in [1.29, 1.82) is 0 Å². The average molecular weight is 217 g/mol. The minimum atomic E-state index is 0.601. The number of hydrogen-bond acceptors (Lipinski definition) is 1. The number of hydrogen-bond donors (Lipinski definition) is 1. The van der Waals surface area contributed by atoms with Crippen LogP contribution >= 0.6 is 0 Å². The van der Waals surface area contributed by atoms with Crippen LogP contribution in [-0.4, -0.2) is 12.6 Å². The zero-order valence-corrected chi connectivity index (χ0v) is 10.5. The van der Waals surface area contributed by atoms with Crippen LogP contribution in [0.3, 0.4) is 0 Å². The third-order valence-corrected chi connectivity index (χ3v) is 3.80. The Labute approximate surface area is 99.3 Å². The number of rotatable bonds is 3. The molecule has 0 heterocycles. The van der Waals surface area contributed by atoms with Gasteiger partial charge >= 0.3 is 0 Å². The summed E-state index contributed by atoms with van der Waals surface area (Å²) in [5.74, 6) is 0.707. The van der Waals surface area contributed by atoms with Gasteiger partial charge in [-0.15, -0.1) is 0 Å². The van der Waals surface area contributed by atoms with E-state index in [-0.39, 0.29) is 0 Å². The van der Waals surface area contributed by atoms with E-state index in [1.807, 2.05) is 0 Å². The van der Waals surface area contributed by atoms with Gasteiger partial charge < -0.3 is 5.32 Å². The largest absolute Gasteiger partial charge is 0.314 e. The van der Waals surface area contributed by atoms with Gasteiger partial charge in [0.25, 0.3) is 0 Å². The number of likely N-dealkylation sites (N-methyl/N-ethyl adjacent to an activating group) is 1. The van der Waals surface area contributed by atoms with Crippen LogP contribution in [0.5, 0.6) is 0 Å². The maximum Gasteiger partial charge on any atom is 0.0107 e. The van der Waals surface area contributed by atoms with Crippen LogP contribution in [0.1, 0.15) is 50.2 Å². The van der Waals surface area contributed by atoms with Crippen LogP contribution in [0.4, 0.5) is 0 Å². The molecular weight excluding hydrogens is 194 g/mol. The first-order chi connectivity index (χ1) is 7.83. The van der Waals surface area contributed by atoms with E-state index in [0.29, 0.717) is 12.0 Å². The molecule has 1 aliphatic rings. The van der Waals surface area contributed by atoms with E-state index in [1.165, 1.54) is 25.7 Å². The van der Waals surface area contributed by atoms with E-state index in [4.69, 9.17) is 0 Å². The molecule has 16 heavy (non-hydrogen) atoms. The van der Waals surface area contributed by atoms with Crippen LogP contribution in [0.15, 0.2) is 24.3 Å². The Hall–Kier alpha value is -0.820. The lowest BCUT2D eigenvalue weighted by Crippen LogP contribution is -2.32. The first kappa shape index (κ1) is 11.7. The van der Waals surface area contributed by atoms with Gasteiger partial charge in [0.2, 0.25) is 0 Å². The summed E-state index contributed by atoms with van der Waals surface area (Å²) in [4.78, 5) is 0. The highest BCUT2D eigenvalue weighted by Crippen LogP contribution is 2.32. The molecule has 0 radical (unpaired) electrons. The van der Waals surface area contributed by atoms with Crippen molar-refractivity contribution in [3.05, 3.63) is 35.4 Å². The standard InChI is InChI=1S/C15H23N/c1-3-16-12(2)14-10-6-4-8-13-9-5-7-11-15(13)14/h5,7,9,11-12,14,16H,3-4,6,8,10H2,1-2H3. The van der Waals surface area contributed by atoms with E-state index in [0.717, 1.165) is 6.54 Å². The fraction of sp³-hybridized carbons (Fsp3) is 0.600. The predicted octanol–water partition coefficient (Wildman–Crippen LogP) is 3.49. The lowest BCUT2D eigenvalue weighted by atomic mass is 9.87. The van der Waals surface area contributed by atoms with Crippen molar-refractivity contribution in [3.8, 4) is 0 Å². The van der Waals surface area contributed by atoms with E-state index in [1.54, 1.807) is 11.1 Å². The van der Waals surface area contributed by atoms with Crippen molar-refractivity contribution < 1.29 is 0 Å². The summed E-state index contributed by atoms with van der Waals surface area (Å²) in [6.45, 7) is 5.59. The van der Waals surface area contributed by atoms with Gasteiger partial charge in [0.15, 0.2) is 0 Å². The quantitative estimate of drug-likeness (QED) is 0.764. The smallest absolute Gasteiger partial charge is 0.0107 e. The van der Waals surface area contributed by atoms with Gasteiger partial charge in [-0.25, -0.2) is 0 Å². The summed E-state index contributed by atoms with van der Waals surface area (Å²) in [6, 6.07) is 9.62. The van der Waals surface area contributed by atoms with Crippen LogP contribution < -0.4 is 5.32 Å². The van der Waals surface area contributed by atoms with Gasteiger partial charge in [-0.05, 0) is 49.8 Å². The number of fused-ring (bicyclic) bond motifs is 1. The molecule has 1 nitrogen and oxygen atoms in total. The topological polar surface area (TPSA) is 12.0 Å². The lowest BCUT2D eigenvalue weighted by Gasteiger charge is -2.25. The Kier molecular flexibility index (Phi) is 4.00. The summed E-state index contributed by atoms with van der Waals surface area (Å²) >= 11 is 0. The lowest BCUT2D eigenvalue weighted by molar-refractivity contribution is 0.442. The van der Waals surface area contributed by atoms with E-state index < -0.39 is 0 Å². The summed E-state index contributed by atoms with van der Waals surface area (Å²) in [7, 11) is 0. The molecule has 1 N–H and O–H groups in total. The summed E-state index contributed by atoms with van der Waals surface area (Å²) in [5, 5.41) is 3.58. The van der Waals surface area contributed by atoms with Crippen LogP contribution in [0, 0.1) is 0 Å². The molecule has 0 amide bonds. The van der Waals surface area contributed by atoms with Gasteiger partial charge in [-0.2, -0.15) is 0 Å². The zero-order chi connectivity index (χ0) is 11.4. The van der Waals surface area contributed by atoms with Crippen molar-refractivity contribution in [3.63, 3.8) is 0 Å². The molecule has 0 bridgehead atoms. The molecule has 2 atom stereocenters. The number of benzene rings is 1. The fourth-order valence-corrected chi connectivity index (χ4v) is 2.94. The Morgan fingerprint density at radius 2 is 2.12 bits per heavy atom. The molecule has 0 aromatic heterocycles. The SMILES string of the molecule is CCNC(C)C1CCCCc2ccccc21. The molecule has 0 saturated heterocycles. The Morgan fingerprint density at radius 1 is 1.31 bits per heavy atom. The third kappa shape index (κ3) is 2.46. The highest BCUT2D eigenvalue weighted by Gasteiger charge is 2.22. The summed E-state index contributed by atoms with van der Waals surface area (Å²) < 4.78 is 0. The highest BCUT2D eigenvalue weighted by molar-refractivity contribution is 5.32. The first-order valence-corrected chi connectivity index (χ1v) is 6.64. The van der Waals surface area contributed by atoms with Crippen LogP contribution in [0.2, 0.25) is 0 Å². The molecule has 1 aliphatic carbocycles. The molecule has 1 aromatic rings. The van der Waals surface area contributed by atoms with Crippen molar-refractivity contribution in [2.45, 2.75) is 51.5 Å². The van der Waals surface area contributed by atoms with Gasteiger partial charge in [0.1, 0.15) is 0 Å². The summed E-state index contributed by atoms with van der Waals surface area (Å²) in [6.07, 6.45) is 5.33. The van der Waals surface area contributed by atoms with Gasteiger partial charge in [-0.3, -0.25) is 0 Å². The first-order valence-electron chi connectivity index (χ1n) is 6.64. The van der Waals surface area contributed by atoms with Gasteiger partial charge in [0.05, 0.1) is 0 Å². The predicted molar refractivity (Wildman–Crippen MR) is 69.9 cm³/mol. The summed E-state index contributed by atoms with van der Waals surface area (Å²) in [5.41, 5.74) is 3.17. The Morgan fingerprint density at radius 3 is 2.94 bits per heavy atom. The molecule has 2 unspecified atom stereocenters. The second kappa shape index (κ2) is 5.49. The maximum atomic E-state index is 3.58. The molecule has 0 aliphatic heterocycles. The minimum absolute atomic E-state index is 0.601. The van der Waals surface area contributed by atoms with Crippen molar-refractivity contribution >= 4 is 0 Å². The van der Waals surface area contributed by atoms with Gasteiger partial charge in [0, 0.05) is 6.04 Å². The maximum absolute atomic E-state index is 3.58. The van der Waals surface area contributed by atoms with E-state index >= 15 is 0 Å². The third-order valence-electron chi connectivity index (χ3n) is 3.80. The zero-order valence-electron chi connectivity index (χ0n) is 10.5. The molecule has 1 aromatic carbocycles. The highest BCUT2D eigenvalue weighted by atomic mass is 14.9. The Bertz CT molecular complexity index is 332. The molecule has 1 heteroatoms. The van der Waals surface area contributed by atoms with E-state index in [2.05, 4.69) is 43.4 Å². The van der Waals surface area contributed by atoms with Crippen LogP contribution in [0.25, 0.3) is 0 Å². The molecule has 2 rings (SSSR count). The normalized spacial score (nSPS) is 22.2. The average Bonchev–Trinajstić information content (AvgIpc) is 2.51. The van der Waals surface area contributed by atoms with E-state index in [9.17, 15) is 0 Å². The molecule has 0 saturated carbocycles. The second-order valence-corrected chi connectivity index (χ2v) is 4.90. The molecule has 88 valence electrons. The minimum Gasteiger partial charge on any atom is -0.314 e. The monoisotopic (exact) mass is 217 g/mol. The van der Waals surface area contributed by atoms with Crippen molar-refractivity contribution in [2.75, 3.05) is 6.54 Å². The number of aryl methyl sites for hydroxylation is 1. The fourth-order valence-electron chi connectivity index (χ4n) is 2.94. The van der Waals surface area contributed by atoms with Crippen LogP contribution in [-0.2, 0) is 6.42 Å². The van der Waals surface area contributed by atoms with Gasteiger partial charge in [-0.1, -0.05) is 37.6 Å². The Balaban J connectivity index is 2.25. The molecular formula is C15H23N. The molecule has 0 fully saturated rings. The van der Waals surface area contributed by atoms with Crippen molar-refractivity contribution in [1.82, 2.24) is 5.32 Å². The number of nitrogens with one attached hydrogen (secondary N) is 1.